The second-order valence-electron chi connectivity index (χ2n) is 4.08. The molecule has 0 aromatic carbocycles. The molecule has 1 aromatic heterocycles. The number of nitrogens with two attached hydrogens (primary N) is 1. The van der Waals surface area contributed by atoms with E-state index >= 15 is 0 Å². The highest BCUT2D eigenvalue weighted by molar-refractivity contribution is 4.87. The van der Waals surface area contributed by atoms with E-state index in [4.69, 9.17) is 15.0 Å². The molecule has 1 heterocycles. The smallest absolute Gasteiger partial charge is 0.330 e. The summed E-state index contributed by atoms with van der Waals surface area (Å²) in [6.45, 7) is -1.59. The number of methoxy groups -OCH3 is 1. The lowest BCUT2D eigenvalue weighted by atomic mass is 10.2. The van der Waals surface area contributed by atoms with Gasteiger partial charge in [0.1, 0.15) is 13.2 Å². The standard InChI is InChI=1S/C10H15F4N3O3/c1-18-3-6(15)2-8-16-7(17-20-8)4-19-5-10(13,14)9(11)12/h6,9H,2-5,15H2,1H3. The van der Waals surface area contributed by atoms with Crippen LogP contribution in [0.3, 0.4) is 0 Å². The highest BCUT2D eigenvalue weighted by atomic mass is 19.3. The van der Waals surface area contributed by atoms with E-state index in [2.05, 4.69) is 14.9 Å². The lowest BCUT2D eigenvalue weighted by Crippen LogP contribution is -2.32. The summed E-state index contributed by atoms with van der Waals surface area (Å²) in [5.41, 5.74) is 5.65. The molecule has 2 N–H and O–H groups in total. The maximum absolute atomic E-state index is 12.5. The lowest BCUT2D eigenvalue weighted by molar-refractivity contribution is -0.168. The highest BCUT2D eigenvalue weighted by Crippen LogP contribution is 2.23. The first-order chi connectivity index (χ1) is 9.35. The topological polar surface area (TPSA) is 83.4 Å². The molecule has 10 heteroatoms. The molecule has 0 aliphatic heterocycles. The van der Waals surface area contributed by atoms with Crippen LogP contribution in [0, 0.1) is 0 Å². The fraction of sp³-hybridized carbons (Fsp3) is 0.800. The zero-order valence-electron chi connectivity index (χ0n) is 10.7. The van der Waals surface area contributed by atoms with Crippen LogP contribution in [0.2, 0.25) is 0 Å². The minimum Gasteiger partial charge on any atom is -0.383 e. The van der Waals surface area contributed by atoms with Crippen LogP contribution < -0.4 is 5.73 Å². The molecule has 20 heavy (non-hydrogen) atoms. The molecule has 0 saturated carbocycles. The average molecular weight is 301 g/mol. The van der Waals surface area contributed by atoms with Gasteiger partial charge < -0.3 is 19.7 Å². The second kappa shape index (κ2) is 7.50. The minimum atomic E-state index is -4.20. The summed E-state index contributed by atoms with van der Waals surface area (Å²) < 4.78 is 62.8. The van der Waals surface area contributed by atoms with Gasteiger partial charge in [-0.2, -0.15) is 13.8 Å². The summed E-state index contributed by atoms with van der Waals surface area (Å²) in [6, 6.07) is -0.350. The van der Waals surface area contributed by atoms with E-state index < -0.39 is 25.6 Å². The molecule has 0 aliphatic carbocycles. The Labute approximate surface area is 112 Å². The Kier molecular flexibility index (Phi) is 6.30. The van der Waals surface area contributed by atoms with Crippen LogP contribution in [0.5, 0.6) is 0 Å². The van der Waals surface area contributed by atoms with Gasteiger partial charge in [0.25, 0.3) is 0 Å². The summed E-state index contributed by atoms with van der Waals surface area (Å²) in [7, 11) is 1.48. The van der Waals surface area contributed by atoms with Crippen molar-refractivity contribution in [1.29, 1.82) is 0 Å². The Balaban J connectivity index is 2.37. The number of hydrogen-bond donors (Lipinski definition) is 1. The van der Waals surface area contributed by atoms with Crippen LogP contribution in [0.15, 0.2) is 4.52 Å². The molecule has 0 radical (unpaired) electrons. The normalized spacial score (nSPS) is 13.9. The summed E-state index contributed by atoms with van der Waals surface area (Å²) >= 11 is 0. The monoisotopic (exact) mass is 301 g/mol. The van der Waals surface area contributed by atoms with Gasteiger partial charge in [0.15, 0.2) is 5.82 Å². The molecule has 0 aliphatic rings. The van der Waals surface area contributed by atoms with Gasteiger partial charge >= 0.3 is 12.3 Å². The molecule has 1 unspecified atom stereocenters. The number of halogens is 4. The third-order valence-corrected chi connectivity index (χ3v) is 2.17. The maximum atomic E-state index is 12.5. The van der Waals surface area contributed by atoms with Gasteiger partial charge in [0.05, 0.1) is 6.61 Å². The van der Waals surface area contributed by atoms with Crippen molar-refractivity contribution < 1.29 is 31.6 Å². The van der Waals surface area contributed by atoms with Crippen molar-refractivity contribution in [3.63, 3.8) is 0 Å². The van der Waals surface area contributed by atoms with Gasteiger partial charge in [0, 0.05) is 19.6 Å². The van der Waals surface area contributed by atoms with Crippen molar-refractivity contribution in [2.45, 2.75) is 31.4 Å². The predicted molar refractivity (Wildman–Crippen MR) is 58.5 cm³/mol. The molecule has 0 amide bonds. The number of aromatic nitrogens is 2. The maximum Gasteiger partial charge on any atom is 0.330 e. The Morgan fingerprint density at radius 2 is 2.10 bits per heavy atom. The quantitative estimate of drug-likeness (QED) is 0.685. The van der Waals surface area contributed by atoms with Crippen molar-refractivity contribution in [3.05, 3.63) is 11.7 Å². The molecule has 1 atom stereocenters. The van der Waals surface area contributed by atoms with E-state index in [0.717, 1.165) is 0 Å². The van der Waals surface area contributed by atoms with Crippen molar-refractivity contribution in [2.24, 2.45) is 5.73 Å². The van der Waals surface area contributed by atoms with E-state index in [9.17, 15) is 17.6 Å². The van der Waals surface area contributed by atoms with E-state index in [1.54, 1.807) is 0 Å². The highest BCUT2D eigenvalue weighted by Gasteiger charge is 2.41. The second-order valence-corrected chi connectivity index (χ2v) is 4.08. The number of ether oxygens (including phenoxy) is 2. The third-order valence-electron chi connectivity index (χ3n) is 2.17. The summed E-state index contributed by atoms with van der Waals surface area (Å²) in [5.74, 6) is -4.03. The molecule has 6 nitrogen and oxygen atoms in total. The molecule has 0 saturated heterocycles. The van der Waals surface area contributed by atoms with Crippen LogP contribution in [-0.4, -0.2) is 48.9 Å². The number of alkyl halides is 4. The van der Waals surface area contributed by atoms with Gasteiger partial charge in [-0.3, -0.25) is 0 Å². The zero-order valence-corrected chi connectivity index (χ0v) is 10.7. The molecule has 116 valence electrons. The Morgan fingerprint density at radius 1 is 1.40 bits per heavy atom. The zero-order chi connectivity index (χ0) is 15.2. The van der Waals surface area contributed by atoms with Crippen LogP contribution in [0.1, 0.15) is 11.7 Å². The molecule has 1 aromatic rings. The molecule has 0 fully saturated rings. The molecular formula is C10H15F4N3O3. The first kappa shape index (κ1) is 16.8. The molecule has 0 bridgehead atoms. The minimum absolute atomic E-state index is 0.0188. The van der Waals surface area contributed by atoms with E-state index in [1.165, 1.54) is 7.11 Å². The Hall–Kier alpha value is -1.26. The molecule has 1 rings (SSSR count). The summed E-state index contributed by atoms with van der Waals surface area (Å²) in [4.78, 5) is 3.83. The first-order valence-electron chi connectivity index (χ1n) is 5.65. The van der Waals surface area contributed by atoms with Crippen molar-refractivity contribution in [2.75, 3.05) is 20.3 Å². The number of hydrogen-bond acceptors (Lipinski definition) is 6. The largest absolute Gasteiger partial charge is 0.383 e. The van der Waals surface area contributed by atoms with Gasteiger partial charge in [-0.1, -0.05) is 5.16 Å². The van der Waals surface area contributed by atoms with Crippen molar-refractivity contribution in [3.8, 4) is 0 Å². The van der Waals surface area contributed by atoms with Gasteiger partial charge in [-0.05, 0) is 0 Å². The van der Waals surface area contributed by atoms with E-state index in [1.807, 2.05) is 0 Å². The Morgan fingerprint density at radius 3 is 2.70 bits per heavy atom. The van der Waals surface area contributed by atoms with E-state index in [-0.39, 0.29) is 30.8 Å². The lowest BCUT2D eigenvalue weighted by Gasteiger charge is -2.14. The predicted octanol–water partition coefficient (Wildman–Crippen LogP) is 1.00. The fourth-order valence-electron chi connectivity index (χ4n) is 1.27. The van der Waals surface area contributed by atoms with Crippen LogP contribution >= 0.6 is 0 Å². The molecule has 0 spiro atoms. The fourth-order valence-corrected chi connectivity index (χ4v) is 1.27. The first-order valence-corrected chi connectivity index (χ1v) is 5.65. The van der Waals surface area contributed by atoms with Gasteiger partial charge in [-0.15, -0.1) is 0 Å². The van der Waals surface area contributed by atoms with Crippen molar-refractivity contribution in [1.82, 2.24) is 10.1 Å². The summed E-state index contributed by atoms with van der Waals surface area (Å²) in [6.07, 6.45) is -3.54. The molecular weight excluding hydrogens is 286 g/mol. The van der Waals surface area contributed by atoms with E-state index in [0.29, 0.717) is 0 Å². The van der Waals surface area contributed by atoms with Crippen LogP contribution in [-0.2, 0) is 22.5 Å². The third kappa shape index (κ3) is 5.39. The number of rotatable bonds is 9. The average Bonchev–Trinajstić information content (AvgIpc) is 2.76. The van der Waals surface area contributed by atoms with Crippen LogP contribution in [0.25, 0.3) is 0 Å². The van der Waals surface area contributed by atoms with Crippen molar-refractivity contribution >= 4 is 0 Å². The van der Waals surface area contributed by atoms with Gasteiger partial charge in [-0.25, -0.2) is 8.78 Å². The number of nitrogens with zero attached hydrogens (tertiary/aromatic N) is 2. The Bertz CT molecular complexity index is 403. The van der Waals surface area contributed by atoms with Crippen LogP contribution in [0.4, 0.5) is 17.6 Å². The van der Waals surface area contributed by atoms with Gasteiger partial charge in [0.2, 0.25) is 5.89 Å². The SMILES string of the molecule is COCC(N)Cc1nc(COCC(F)(F)C(F)F)no1. The summed E-state index contributed by atoms with van der Waals surface area (Å²) in [5, 5.41) is 3.45.